The van der Waals surface area contributed by atoms with E-state index in [0.717, 1.165) is 160 Å². The van der Waals surface area contributed by atoms with Crippen molar-refractivity contribution in [2.45, 2.75) is 220 Å². The Bertz CT molecular complexity index is 1250. The van der Waals surface area contributed by atoms with E-state index < -0.39 is 29.8 Å². The topological polar surface area (TPSA) is 260 Å². The van der Waals surface area contributed by atoms with E-state index in [-0.39, 0.29) is 44.7 Å². The quantitative estimate of drug-likeness (QED) is 0.00947. The third kappa shape index (κ3) is 56.7. The molecule has 0 fully saturated rings. The molecule has 0 aromatic heterocycles. The van der Waals surface area contributed by atoms with Gasteiger partial charge in [0.15, 0.2) is 0 Å². The summed E-state index contributed by atoms with van der Waals surface area (Å²) in [7, 11) is 0. The molecule has 418 valence electrons. The SMILES string of the molecule is C.C=CC(=O)O.C=COOCOOC=C.CCCCCCCC(CCCCCCC(CCCCCOOCOOCCCCCCCCC(CCCCCCC(CCC)C(=O)O)C(=O)O)C(=O)O)C(=O)O. The smallest absolute Gasteiger partial charge is 0.327 e. The molecule has 0 aliphatic carbocycles. The fourth-order valence-electron chi connectivity index (χ4n) is 7.54. The summed E-state index contributed by atoms with van der Waals surface area (Å²) in [6, 6.07) is 0. The van der Waals surface area contributed by atoms with Crippen LogP contribution >= 0.6 is 0 Å². The number of carboxylic acid groups (broad SMARTS) is 5. The van der Waals surface area contributed by atoms with Crippen LogP contribution < -0.4 is 0 Å². The Labute approximate surface area is 426 Å². The van der Waals surface area contributed by atoms with Crippen molar-refractivity contribution in [3.05, 3.63) is 38.3 Å². The Balaban J connectivity index is -0.00000129. The molecule has 5 N–H and O–H groups in total. The predicted molar refractivity (Wildman–Crippen MR) is 272 cm³/mol. The van der Waals surface area contributed by atoms with E-state index in [0.29, 0.717) is 51.7 Å². The van der Waals surface area contributed by atoms with E-state index >= 15 is 0 Å². The van der Waals surface area contributed by atoms with Crippen LogP contribution in [0.2, 0.25) is 0 Å². The Morgan fingerprint density at radius 3 is 0.887 bits per heavy atom. The fraction of sp³-hybridized carbons (Fsp3) is 0.792. The van der Waals surface area contributed by atoms with Crippen LogP contribution in [0.15, 0.2) is 38.3 Å². The second kappa shape index (κ2) is 58.5. The highest BCUT2D eigenvalue weighted by Gasteiger charge is 2.19. The first kappa shape index (κ1) is 73.5. The average Bonchev–Trinajstić information content (AvgIpc) is 3.33. The van der Waals surface area contributed by atoms with Crippen LogP contribution in [0.4, 0.5) is 0 Å². The van der Waals surface area contributed by atoms with Gasteiger partial charge in [-0.25, -0.2) is 24.3 Å². The molecule has 18 heteroatoms. The highest BCUT2D eigenvalue weighted by atomic mass is 17.3. The van der Waals surface area contributed by atoms with Gasteiger partial charge in [0.1, 0.15) is 12.5 Å². The summed E-state index contributed by atoms with van der Waals surface area (Å²) in [5.74, 6) is -4.98. The Hall–Kier alpha value is -4.07. The molecule has 4 unspecified atom stereocenters. The van der Waals surface area contributed by atoms with E-state index in [4.69, 9.17) is 24.7 Å². The molecule has 0 spiro atoms. The van der Waals surface area contributed by atoms with Gasteiger partial charge in [-0.3, -0.25) is 19.2 Å². The van der Waals surface area contributed by atoms with Crippen molar-refractivity contribution in [3.8, 4) is 0 Å². The molecule has 0 aromatic carbocycles. The molecule has 18 nitrogen and oxygen atoms in total. The molecule has 0 aliphatic rings. The lowest BCUT2D eigenvalue weighted by molar-refractivity contribution is -0.419. The number of aliphatic carboxylic acids is 5. The Morgan fingerprint density at radius 2 is 0.620 bits per heavy atom. The highest BCUT2D eigenvalue weighted by Crippen LogP contribution is 2.23. The molecule has 4 atom stereocenters. The lowest BCUT2D eigenvalue weighted by Gasteiger charge is -2.13. The molecule has 0 aromatic rings. The predicted octanol–water partition coefficient (Wildman–Crippen LogP) is 13.8. The summed E-state index contributed by atoms with van der Waals surface area (Å²) in [5, 5.41) is 45.6. The molecule has 0 amide bonds. The first-order valence-electron chi connectivity index (χ1n) is 25.9. The van der Waals surface area contributed by atoms with Gasteiger partial charge in [0.2, 0.25) is 13.6 Å². The van der Waals surface area contributed by atoms with Crippen molar-refractivity contribution in [2.24, 2.45) is 23.7 Å². The molecule has 0 saturated carbocycles. The van der Waals surface area contributed by atoms with Gasteiger partial charge in [0.05, 0.1) is 36.9 Å². The zero-order valence-electron chi connectivity index (χ0n) is 43.0. The van der Waals surface area contributed by atoms with E-state index in [1.807, 2.05) is 6.92 Å². The van der Waals surface area contributed by atoms with E-state index in [2.05, 4.69) is 46.2 Å². The van der Waals surface area contributed by atoms with Crippen LogP contribution in [-0.4, -0.2) is 82.2 Å². The normalized spacial score (nSPS) is 12.3. The number of hydrogen-bond donors (Lipinski definition) is 5. The molecule has 0 saturated heterocycles. The van der Waals surface area contributed by atoms with Gasteiger partial charge in [-0.2, -0.15) is 9.78 Å². The molecule has 71 heavy (non-hydrogen) atoms. The zero-order chi connectivity index (χ0) is 52.7. The lowest BCUT2D eigenvalue weighted by atomic mass is 9.92. The third-order valence-electron chi connectivity index (χ3n) is 11.5. The van der Waals surface area contributed by atoms with Crippen molar-refractivity contribution >= 4 is 29.8 Å². The first-order valence-corrected chi connectivity index (χ1v) is 25.9. The van der Waals surface area contributed by atoms with Crippen LogP contribution in [0.5, 0.6) is 0 Å². The number of rotatable bonds is 52. The number of hydrogen-bond acceptors (Lipinski definition) is 13. The monoisotopic (exact) mass is 1020 g/mol. The molecule has 0 heterocycles. The summed E-state index contributed by atoms with van der Waals surface area (Å²) in [5.41, 5.74) is 0. The molecule has 0 rings (SSSR count). The molecular formula is C53H98O18. The fourth-order valence-corrected chi connectivity index (χ4v) is 7.54. The first-order chi connectivity index (χ1) is 33.8. The van der Waals surface area contributed by atoms with Crippen molar-refractivity contribution in [1.29, 1.82) is 0 Å². The molecule has 0 aliphatic heterocycles. The lowest BCUT2D eigenvalue weighted by Crippen LogP contribution is -2.14. The number of carboxylic acids is 5. The summed E-state index contributed by atoms with van der Waals surface area (Å²) in [6.07, 6.45) is 30.8. The van der Waals surface area contributed by atoms with Crippen molar-refractivity contribution in [1.82, 2.24) is 0 Å². The highest BCUT2D eigenvalue weighted by molar-refractivity contribution is 5.78. The van der Waals surface area contributed by atoms with Crippen LogP contribution in [0.3, 0.4) is 0 Å². The van der Waals surface area contributed by atoms with Crippen LogP contribution in [0.1, 0.15) is 220 Å². The standard InChI is InChI=1S/C44H82O12.C5H8O4.C3H4O2.CH4/c1-3-5-6-9-17-28-38(42(47)48)30-21-13-14-22-32-40(44(51)52)33-23-16-25-35-54-56-36-55-53-34-24-15-8-7-10-18-29-39(43(49)50)31-20-12-11-19-27-37(26-4-2)41(45)46;1-3-6-8-5-9-7-4-2;1-2-3(4)5;/h37-40H,3-36H2,1-2H3,(H,45,46)(H,47,48)(H,49,50)(H,51,52);3-4H,1-2,5H2;2H,1H2,(H,4,5);1H4. The zero-order valence-corrected chi connectivity index (χ0v) is 43.0. The minimum absolute atomic E-state index is 0. The summed E-state index contributed by atoms with van der Waals surface area (Å²) >= 11 is 0. The van der Waals surface area contributed by atoms with Crippen molar-refractivity contribution in [2.75, 3.05) is 26.8 Å². The summed E-state index contributed by atoms with van der Waals surface area (Å²) < 4.78 is 0. The minimum atomic E-state index is -0.981. The Kier molecular flexibility index (Phi) is 60.5. The maximum absolute atomic E-state index is 11.7. The van der Waals surface area contributed by atoms with E-state index in [1.54, 1.807) is 0 Å². The molecular weight excluding hydrogens is 925 g/mol. The summed E-state index contributed by atoms with van der Waals surface area (Å²) in [6.45, 7) is 14.1. The van der Waals surface area contributed by atoms with Gasteiger partial charge >= 0.3 is 29.8 Å². The average molecular weight is 1020 g/mol. The second-order valence-electron chi connectivity index (χ2n) is 17.3. The molecule has 0 bridgehead atoms. The van der Waals surface area contributed by atoms with Gasteiger partial charge in [-0.1, -0.05) is 176 Å². The van der Waals surface area contributed by atoms with Crippen LogP contribution in [-0.2, 0) is 63.1 Å². The number of unbranched alkanes of at least 4 members (excludes halogenated alkanes) is 17. The van der Waals surface area contributed by atoms with Gasteiger partial charge in [0.25, 0.3) is 0 Å². The van der Waals surface area contributed by atoms with Gasteiger partial charge in [-0.15, -0.1) is 0 Å². The third-order valence-corrected chi connectivity index (χ3v) is 11.5. The second-order valence-corrected chi connectivity index (χ2v) is 17.3. The molecule has 0 radical (unpaired) electrons. The summed E-state index contributed by atoms with van der Waals surface area (Å²) in [4.78, 5) is 92.6. The van der Waals surface area contributed by atoms with Gasteiger partial charge in [0, 0.05) is 6.08 Å². The largest absolute Gasteiger partial charge is 0.481 e. The van der Waals surface area contributed by atoms with Crippen molar-refractivity contribution < 1.29 is 88.6 Å². The Morgan fingerprint density at radius 1 is 0.366 bits per heavy atom. The van der Waals surface area contributed by atoms with Crippen LogP contribution in [0.25, 0.3) is 0 Å². The van der Waals surface area contributed by atoms with Gasteiger partial charge in [-0.05, 0) is 64.2 Å². The van der Waals surface area contributed by atoms with Crippen LogP contribution in [0, 0.1) is 23.7 Å². The maximum atomic E-state index is 11.7. The maximum Gasteiger partial charge on any atom is 0.327 e. The van der Waals surface area contributed by atoms with E-state index in [9.17, 15) is 44.4 Å². The van der Waals surface area contributed by atoms with Crippen molar-refractivity contribution in [3.63, 3.8) is 0 Å². The van der Waals surface area contributed by atoms with Gasteiger partial charge < -0.3 is 35.3 Å². The number of carbonyl (C=O) groups is 5. The van der Waals surface area contributed by atoms with E-state index in [1.165, 1.54) is 19.3 Å². The minimum Gasteiger partial charge on any atom is -0.481 e.